The van der Waals surface area contributed by atoms with Crippen molar-refractivity contribution in [2.24, 2.45) is 0 Å². The molecule has 0 aliphatic carbocycles. The molecule has 0 bridgehead atoms. The van der Waals surface area contributed by atoms with Crippen molar-refractivity contribution >= 4 is 17.7 Å². The minimum Gasteiger partial charge on any atom is -0.480 e. The molecule has 0 spiro atoms. The molecule has 1 aromatic carbocycles. The second-order valence-corrected chi connectivity index (χ2v) is 5.47. The third-order valence-electron chi connectivity index (χ3n) is 3.76. The fraction of sp³-hybridized carbons (Fsp3) is 0.500. The average molecular weight is 292 g/mol. The fourth-order valence-electron chi connectivity index (χ4n) is 2.13. The van der Waals surface area contributed by atoms with E-state index < -0.39 is 11.5 Å². The lowest BCUT2D eigenvalue weighted by Crippen LogP contribution is -2.56. The van der Waals surface area contributed by atoms with Gasteiger partial charge in [0.2, 0.25) is 0 Å². The number of benzene rings is 1. The van der Waals surface area contributed by atoms with Crippen molar-refractivity contribution < 1.29 is 14.7 Å². The van der Waals surface area contributed by atoms with Crippen molar-refractivity contribution in [3.05, 3.63) is 29.8 Å². The largest absolute Gasteiger partial charge is 0.480 e. The number of hydrogen-bond acceptors (Lipinski definition) is 2. The van der Waals surface area contributed by atoms with Crippen molar-refractivity contribution in [2.45, 2.75) is 39.7 Å². The number of aliphatic carboxylic acids is 1. The summed E-state index contributed by atoms with van der Waals surface area (Å²) in [6.07, 6.45) is 0.936. The number of carbonyl (C=O) groups excluding carboxylic acids is 1. The van der Waals surface area contributed by atoms with E-state index in [0.717, 1.165) is 12.1 Å². The van der Waals surface area contributed by atoms with Crippen LogP contribution in [0.4, 0.5) is 10.5 Å². The number of carboxylic acids is 1. The lowest BCUT2D eigenvalue weighted by molar-refractivity contribution is -0.147. The van der Waals surface area contributed by atoms with Gasteiger partial charge in [0.25, 0.3) is 0 Å². The first kappa shape index (κ1) is 17.0. The Morgan fingerprint density at radius 3 is 2.05 bits per heavy atom. The Labute approximate surface area is 126 Å². The number of rotatable bonds is 5. The molecule has 0 aliphatic heterocycles. The normalized spacial score (nSPS) is 11.1. The van der Waals surface area contributed by atoms with Gasteiger partial charge in [0.15, 0.2) is 0 Å². The number of urea groups is 1. The van der Waals surface area contributed by atoms with Crippen LogP contribution in [0.25, 0.3) is 0 Å². The van der Waals surface area contributed by atoms with Crippen molar-refractivity contribution in [1.82, 2.24) is 4.90 Å². The maximum Gasteiger partial charge on any atom is 0.329 e. The van der Waals surface area contributed by atoms with Crippen LogP contribution in [0.5, 0.6) is 0 Å². The van der Waals surface area contributed by atoms with Crippen LogP contribution in [0.3, 0.4) is 0 Å². The van der Waals surface area contributed by atoms with E-state index in [0.29, 0.717) is 6.54 Å². The Kier molecular flexibility index (Phi) is 5.35. The predicted molar refractivity (Wildman–Crippen MR) is 83.7 cm³/mol. The molecule has 1 N–H and O–H groups in total. The summed E-state index contributed by atoms with van der Waals surface area (Å²) in [5, 5.41) is 9.30. The molecular weight excluding hydrogens is 268 g/mol. The highest BCUT2D eigenvalue weighted by Crippen LogP contribution is 2.21. The molecule has 21 heavy (non-hydrogen) atoms. The number of anilines is 1. The molecule has 116 valence electrons. The minimum atomic E-state index is -1.25. The first-order valence-electron chi connectivity index (χ1n) is 7.13. The number of carboxylic acid groups (broad SMARTS) is 1. The Bertz CT molecular complexity index is 509. The average Bonchev–Trinajstić information content (AvgIpc) is 2.46. The van der Waals surface area contributed by atoms with Crippen LogP contribution in [0.1, 0.15) is 33.3 Å². The molecule has 0 heterocycles. The molecule has 0 aromatic heterocycles. The molecule has 5 heteroatoms. The van der Waals surface area contributed by atoms with E-state index in [9.17, 15) is 14.7 Å². The quantitative estimate of drug-likeness (QED) is 0.907. The highest BCUT2D eigenvalue weighted by Gasteiger charge is 2.38. The summed E-state index contributed by atoms with van der Waals surface area (Å²) in [7, 11) is 1.66. The summed E-state index contributed by atoms with van der Waals surface area (Å²) >= 11 is 0. The summed E-state index contributed by atoms with van der Waals surface area (Å²) in [6, 6.07) is 7.36. The highest BCUT2D eigenvalue weighted by molar-refractivity contribution is 5.95. The third-order valence-corrected chi connectivity index (χ3v) is 3.76. The van der Waals surface area contributed by atoms with Gasteiger partial charge < -0.3 is 10.0 Å². The van der Waals surface area contributed by atoms with Gasteiger partial charge in [-0.05, 0) is 44.9 Å². The van der Waals surface area contributed by atoms with Crippen LogP contribution >= 0.6 is 0 Å². The Morgan fingerprint density at radius 1 is 1.14 bits per heavy atom. The van der Waals surface area contributed by atoms with E-state index in [1.807, 2.05) is 24.3 Å². The molecule has 0 aliphatic rings. The van der Waals surface area contributed by atoms with E-state index in [2.05, 4.69) is 6.92 Å². The van der Waals surface area contributed by atoms with Crippen molar-refractivity contribution in [1.29, 1.82) is 0 Å². The van der Waals surface area contributed by atoms with E-state index in [1.54, 1.807) is 14.0 Å². The maximum absolute atomic E-state index is 12.6. The summed E-state index contributed by atoms with van der Waals surface area (Å²) in [5.41, 5.74) is 0.693. The van der Waals surface area contributed by atoms with Crippen molar-refractivity contribution in [3.8, 4) is 0 Å². The monoisotopic (exact) mass is 292 g/mol. The summed E-state index contributed by atoms with van der Waals surface area (Å²) < 4.78 is 0. The maximum atomic E-state index is 12.6. The van der Waals surface area contributed by atoms with Gasteiger partial charge in [-0.15, -0.1) is 0 Å². The van der Waals surface area contributed by atoms with Gasteiger partial charge >= 0.3 is 12.0 Å². The number of nitrogens with zero attached hydrogens (tertiary/aromatic N) is 2. The molecular formula is C16H24N2O3. The summed E-state index contributed by atoms with van der Waals surface area (Å²) in [5.74, 6) is -1.02. The Morgan fingerprint density at radius 2 is 1.67 bits per heavy atom. The first-order valence-corrected chi connectivity index (χ1v) is 7.13. The smallest absolute Gasteiger partial charge is 0.329 e. The molecule has 1 rings (SSSR count). The topological polar surface area (TPSA) is 60.9 Å². The number of aryl methyl sites for hydroxylation is 1. The van der Waals surface area contributed by atoms with E-state index in [-0.39, 0.29) is 6.03 Å². The van der Waals surface area contributed by atoms with Crippen molar-refractivity contribution in [3.63, 3.8) is 0 Å². The zero-order chi connectivity index (χ0) is 16.2. The molecule has 0 unspecified atom stereocenters. The number of amides is 2. The molecule has 0 fully saturated rings. The molecule has 0 saturated heterocycles. The molecule has 1 aromatic rings. The van der Waals surface area contributed by atoms with E-state index in [1.165, 1.54) is 29.2 Å². The summed E-state index contributed by atoms with van der Waals surface area (Å²) in [6.45, 7) is 7.24. The standard InChI is InChI=1S/C16H24N2O3/c1-6-12-8-10-13(11-9-12)17(5)15(21)18(7-2)16(3,4)14(19)20/h8-11H,6-7H2,1-5H3,(H,19,20). The van der Waals surface area contributed by atoms with Gasteiger partial charge in [-0.1, -0.05) is 19.1 Å². The number of carbonyl (C=O) groups is 2. The second-order valence-electron chi connectivity index (χ2n) is 5.47. The lowest BCUT2D eigenvalue weighted by Gasteiger charge is -2.36. The zero-order valence-corrected chi connectivity index (χ0v) is 13.4. The minimum absolute atomic E-state index is 0.325. The lowest BCUT2D eigenvalue weighted by atomic mass is 10.0. The van der Waals surface area contributed by atoms with Gasteiger partial charge in [0, 0.05) is 19.3 Å². The molecule has 5 nitrogen and oxygen atoms in total. The van der Waals surface area contributed by atoms with Gasteiger partial charge in [-0.3, -0.25) is 4.90 Å². The third kappa shape index (κ3) is 3.54. The Hall–Kier alpha value is -2.04. The fourth-order valence-corrected chi connectivity index (χ4v) is 2.13. The van der Waals surface area contributed by atoms with Crippen molar-refractivity contribution in [2.75, 3.05) is 18.5 Å². The van der Waals surface area contributed by atoms with Crippen LogP contribution in [-0.2, 0) is 11.2 Å². The molecule has 0 saturated carbocycles. The SMILES string of the molecule is CCc1ccc(N(C)C(=O)N(CC)C(C)(C)C(=O)O)cc1. The van der Waals surface area contributed by atoms with Crippen LogP contribution in [-0.4, -0.2) is 41.1 Å². The molecule has 0 atom stereocenters. The number of hydrogen-bond donors (Lipinski definition) is 1. The van der Waals surface area contributed by atoms with Crippen LogP contribution in [0.2, 0.25) is 0 Å². The van der Waals surface area contributed by atoms with Crippen LogP contribution in [0, 0.1) is 0 Å². The zero-order valence-electron chi connectivity index (χ0n) is 13.4. The van der Waals surface area contributed by atoms with Gasteiger partial charge in [-0.2, -0.15) is 0 Å². The van der Waals surface area contributed by atoms with Gasteiger partial charge in [-0.25, -0.2) is 9.59 Å². The van der Waals surface area contributed by atoms with Crippen LogP contribution in [0.15, 0.2) is 24.3 Å². The Balaban J connectivity index is 3.01. The first-order chi connectivity index (χ1) is 9.75. The van der Waals surface area contributed by atoms with Crippen LogP contribution < -0.4 is 4.90 Å². The van der Waals surface area contributed by atoms with Gasteiger partial charge in [0.05, 0.1) is 0 Å². The molecule has 2 amide bonds. The summed E-state index contributed by atoms with van der Waals surface area (Å²) in [4.78, 5) is 26.8. The highest BCUT2D eigenvalue weighted by atomic mass is 16.4. The second kappa shape index (κ2) is 6.61. The molecule has 0 radical (unpaired) electrons. The predicted octanol–water partition coefficient (Wildman–Crippen LogP) is 2.99. The van der Waals surface area contributed by atoms with E-state index >= 15 is 0 Å². The van der Waals surface area contributed by atoms with Gasteiger partial charge in [0.1, 0.15) is 5.54 Å². The van der Waals surface area contributed by atoms with E-state index in [4.69, 9.17) is 0 Å². The number of likely N-dealkylation sites (N-methyl/N-ethyl adjacent to an activating group) is 1.